The molecule has 2 amide bonds. The number of rotatable bonds is 6. The lowest BCUT2D eigenvalue weighted by Gasteiger charge is -2.07. The van der Waals surface area contributed by atoms with Crippen LogP contribution in [0.15, 0.2) is 48.4 Å². The van der Waals surface area contributed by atoms with Crippen molar-refractivity contribution in [1.29, 1.82) is 0 Å². The van der Waals surface area contributed by atoms with Crippen molar-refractivity contribution in [3.05, 3.63) is 59.5 Å². The maximum absolute atomic E-state index is 12.0. The van der Waals surface area contributed by atoms with Gasteiger partial charge in [0.25, 0.3) is 11.8 Å². The Labute approximate surface area is 151 Å². The number of carbonyl (C=O) groups excluding carboxylic acids is 3. The third-order valence-electron chi connectivity index (χ3n) is 3.30. The van der Waals surface area contributed by atoms with Gasteiger partial charge >= 0.3 is 5.97 Å². The number of esters is 1. The lowest BCUT2D eigenvalue weighted by atomic mass is 10.2. The monoisotopic (exact) mass is 371 g/mol. The topological polar surface area (TPSA) is 129 Å². The first kappa shape index (κ1) is 17.3. The van der Waals surface area contributed by atoms with E-state index in [9.17, 15) is 14.4 Å². The Hall–Kier alpha value is -3.53. The van der Waals surface area contributed by atoms with Crippen molar-refractivity contribution >= 4 is 34.1 Å². The molecule has 0 fully saturated rings. The number of amides is 2. The van der Waals surface area contributed by atoms with Crippen LogP contribution < -0.4 is 11.1 Å². The molecule has 1 aromatic carbocycles. The van der Waals surface area contributed by atoms with Crippen LogP contribution in [0.25, 0.3) is 5.69 Å². The molecule has 0 atom stereocenters. The van der Waals surface area contributed by atoms with E-state index in [-0.39, 0.29) is 11.1 Å². The number of hydrogen-bond donors (Lipinski definition) is 2. The normalized spacial score (nSPS) is 10.3. The van der Waals surface area contributed by atoms with Gasteiger partial charge in [-0.15, -0.1) is 11.3 Å². The standard InChI is InChI=1S/C16H13N5O4S/c17-14(23)12-5-6-26-15(12)20-13(22)7-25-16(24)10-1-3-11(4-2-10)21-9-18-8-19-21/h1-6,8-9H,7H2,(H2,17,23)(H,20,22). The highest BCUT2D eigenvalue weighted by atomic mass is 32.1. The van der Waals surface area contributed by atoms with Crippen LogP contribution >= 0.6 is 11.3 Å². The Morgan fingerprint density at radius 3 is 2.62 bits per heavy atom. The highest BCUT2D eigenvalue weighted by Gasteiger charge is 2.14. The van der Waals surface area contributed by atoms with Gasteiger partial charge < -0.3 is 15.8 Å². The third-order valence-corrected chi connectivity index (χ3v) is 4.13. The minimum absolute atomic E-state index is 0.207. The van der Waals surface area contributed by atoms with Crippen LogP contribution in [0, 0.1) is 0 Å². The summed E-state index contributed by atoms with van der Waals surface area (Å²) in [5.41, 5.74) is 6.43. The summed E-state index contributed by atoms with van der Waals surface area (Å²) in [6.45, 7) is -0.486. The quantitative estimate of drug-likeness (QED) is 0.627. The number of benzene rings is 1. The molecule has 3 N–H and O–H groups in total. The van der Waals surface area contributed by atoms with Gasteiger partial charge in [-0.3, -0.25) is 9.59 Å². The van der Waals surface area contributed by atoms with Gasteiger partial charge in [0.1, 0.15) is 17.7 Å². The van der Waals surface area contributed by atoms with Gasteiger partial charge in [0.05, 0.1) is 16.8 Å². The van der Waals surface area contributed by atoms with E-state index in [1.54, 1.807) is 34.3 Å². The second-order valence-electron chi connectivity index (χ2n) is 5.04. The van der Waals surface area contributed by atoms with Gasteiger partial charge in [-0.2, -0.15) is 5.10 Å². The number of primary amides is 1. The van der Waals surface area contributed by atoms with E-state index in [0.29, 0.717) is 5.00 Å². The molecule has 0 saturated heterocycles. The molecule has 3 aromatic rings. The number of anilines is 1. The van der Waals surface area contributed by atoms with Crippen molar-refractivity contribution < 1.29 is 19.1 Å². The van der Waals surface area contributed by atoms with Crippen LogP contribution in [0.5, 0.6) is 0 Å². The second kappa shape index (κ2) is 7.57. The van der Waals surface area contributed by atoms with E-state index >= 15 is 0 Å². The fraction of sp³-hybridized carbons (Fsp3) is 0.0625. The third kappa shape index (κ3) is 3.92. The average Bonchev–Trinajstić information content (AvgIpc) is 3.31. The van der Waals surface area contributed by atoms with Gasteiger partial charge in [-0.05, 0) is 35.7 Å². The van der Waals surface area contributed by atoms with Crippen molar-refractivity contribution in [3.8, 4) is 5.69 Å². The van der Waals surface area contributed by atoms with E-state index < -0.39 is 24.4 Å². The van der Waals surface area contributed by atoms with Crippen LogP contribution in [0.4, 0.5) is 5.00 Å². The molecule has 132 valence electrons. The van der Waals surface area contributed by atoms with E-state index in [2.05, 4.69) is 15.4 Å². The number of nitrogens with one attached hydrogen (secondary N) is 1. The fourth-order valence-corrected chi connectivity index (χ4v) is 2.88. The molecule has 0 aliphatic carbocycles. The summed E-state index contributed by atoms with van der Waals surface area (Å²) in [5.74, 6) is -1.86. The molecule has 0 radical (unpaired) electrons. The molecule has 26 heavy (non-hydrogen) atoms. The minimum atomic E-state index is -0.647. The Kier molecular flexibility index (Phi) is 5.04. The highest BCUT2D eigenvalue weighted by molar-refractivity contribution is 7.14. The minimum Gasteiger partial charge on any atom is -0.452 e. The first-order valence-electron chi connectivity index (χ1n) is 7.34. The maximum atomic E-state index is 12.0. The van der Waals surface area contributed by atoms with Crippen LogP contribution in [-0.4, -0.2) is 39.2 Å². The first-order valence-corrected chi connectivity index (χ1v) is 8.22. The maximum Gasteiger partial charge on any atom is 0.338 e. The van der Waals surface area contributed by atoms with E-state index in [4.69, 9.17) is 10.5 Å². The Morgan fingerprint density at radius 1 is 1.19 bits per heavy atom. The molecular formula is C16H13N5O4S. The largest absolute Gasteiger partial charge is 0.452 e. The van der Waals surface area contributed by atoms with Crippen molar-refractivity contribution in [1.82, 2.24) is 14.8 Å². The number of thiophene rings is 1. The molecule has 0 aliphatic heterocycles. The van der Waals surface area contributed by atoms with Crippen molar-refractivity contribution in [3.63, 3.8) is 0 Å². The summed E-state index contributed by atoms with van der Waals surface area (Å²) in [4.78, 5) is 38.9. The van der Waals surface area contributed by atoms with E-state index in [0.717, 1.165) is 17.0 Å². The molecule has 0 unspecified atom stereocenters. The van der Waals surface area contributed by atoms with Crippen molar-refractivity contribution in [2.75, 3.05) is 11.9 Å². The van der Waals surface area contributed by atoms with Crippen LogP contribution in [0.1, 0.15) is 20.7 Å². The van der Waals surface area contributed by atoms with Gasteiger partial charge in [0, 0.05) is 0 Å². The number of hydrogen-bond acceptors (Lipinski definition) is 7. The first-order chi connectivity index (χ1) is 12.5. The number of nitrogens with zero attached hydrogens (tertiary/aromatic N) is 3. The lowest BCUT2D eigenvalue weighted by molar-refractivity contribution is -0.119. The van der Waals surface area contributed by atoms with Crippen molar-refractivity contribution in [2.45, 2.75) is 0 Å². The summed E-state index contributed by atoms with van der Waals surface area (Å²) >= 11 is 1.15. The summed E-state index contributed by atoms with van der Waals surface area (Å²) < 4.78 is 6.51. The fourth-order valence-electron chi connectivity index (χ4n) is 2.07. The van der Waals surface area contributed by atoms with Crippen LogP contribution in [-0.2, 0) is 9.53 Å². The highest BCUT2D eigenvalue weighted by Crippen LogP contribution is 2.22. The number of ether oxygens (including phenoxy) is 1. The summed E-state index contributed by atoms with van der Waals surface area (Å²) in [7, 11) is 0. The van der Waals surface area contributed by atoms with Crippen LogP contribution in [0.2, 0.25) is 0 Å². The Balaban J connectivity index is 1.55. The SMILES string of the molecule is NC(=O)c1ccsc1NC(=O)COC(=O)c1ccc(-n2cncn2)cc1. The average molecular weight is 371 g/mol. The zero-order valence-electron chi connectivity index (χ0n) is 13.3. The molecule has 2 aromatic heterocycles. The lowest BCUT2D eigenvalue weighted by Crippen LogP contribution is -2.22. The molecule has 10 heteroatoms. The Bertz CT molecular complexity index is 934. The summed E-state index contributed by atoms with van der Waals surface area (Å²) in [6, 6.07) is 7.97. The zero-order chi connectivity index (χ0) is 18.5. The van der Waals surface area contributed by atoms with Gasteiger partial charge in [-0.1, -0.05) is 0 Å². The summed E-state index contributed by atoms with van der Waals surface area (Å²) in [6.07, 6.45) is 2.93. The van der Waals surface area contributed by atoms with Crippen LogP contribution in [0.3, 0.4) is 0 Å². The number of carbonyl (C=O) groups is 3. The predicted molar refractivity (Wildman–Crippen MR) is 93.1 cm³/mol. The molecule has 3 rings (SSSR count). The zero-order valence-corrected chi connectivity index (χ0v) is 14.1. The molecule has 9 nitrogen and oxygen atoms in total. The number of nitrogens with two attached hydrogens (primary N) is 1. The van der Waals surface area contributed by atoms with Gasteiger partial charge in [0.2, 0.25) is 0 Å². The number of aromatic nitrogens is 3. The van der Waals surface area contributed by atoms with Crippen molar-refractivity contribution in [2.24, 2.45) is 5.73 Å². The summed E-state index contributed by atoms with van der Waals surface area (Å²) in [5, 5.41) is 8.41. The molecule has 2 heterocycles. The molecule has 0 saturated carbocycles. The smallest absolute Gasteiger partial charge is 0.338 e. The molecule has 0 bridgehead atoms. The molecule has 0 spiro atoms. The van der Waals surface area contributed by atoms with E-state index in [1.165, 1.54) is 18.7 Å². The van der Waals surface area contributed by atoms with Gasteiger partial charge in [0.15, 0.2) is 6.61 Å². The molecular weight excluding hydrogens is 358 g/mol. The second-order valence-corrected chi connectivity index (χ2v) is 5.96. The molecule has 0 aliphatic rings. The van der Waals surface area contributed by atoms with E-state index in [1.807, 2.05) is 0 Å². The van der Waals surface area contributed by atoms with Gasteiger partial charge in [-0.25, -0.2) is 14.5 Å². The predicted octanol–water partition coefficient (Wildman–Crippen LogP) is 1.22. The Morgan fingerprint density at radius 2 is 1.96 bits per heavy atom.